The second-order valence-electron chi connectivity index (χ2n) is 7.56. The summed E-state index contributed by atoms with van der Waals surface area (Å²) in [4.78, 5) is 16.0. The number of hydrogen-bond donors (Lipinski definition) is 2. The molecule has 5 rings (SSSR count). The Morgan fingerprint density at radius 1 is 1.09 bits per heavy atom. The second-order valence-corrected chi connectivity index (χ2v) is 9.53. The van der Waals surface area contributed by atoms with E-state index in [-0.39, 0.29) is 12.6 Å². The van der Waals surface area contributed by atoms with Crippen LogP contribution in [0.3, 0.4) is 0 Å². The SMILES string of the molecule is Nc1nc2nc(SCc3cccc(Oc4ccccc4)c3)nc(N3CCC[C@H]3CO)c2s1. The number of benzene rings is 2. The maximum atomic E-state index is 9.79. The lowest BCUT2D eigenvalue weighted by Crippen LogP contribution is -2.32. The standard InChI is InChI=1S/C23H23N5O2S2/c24-22-25-20-19(32-22)21(28-11-5-7-16(28)13-29)27-23(26-20)31-14-15-6-4-10-18(12-15)30-17-8-2-1-3-9-17/h1-4,6,8-10,12,16,29H,5,7,11,13-14H2,(H2,24,25,26,27)/t16-/m0/s1. The normalized spacial score (nSPS) is 16.0. The van der Waals surface area contributed by atoms with Crippen LogP contribution in [0.4, 0.5) is 10.9 Å². The van der Waals surface area contributed by atoms with Gasteiger partial charge in [-0.1, -0.05) is 53.4 Å². The van der Waals surface area contributed by atoms with Crippen molar-refractivity contribution < 1.29 is 9.84 Å². The van der Waals surface area contributed by atoms with E-state index in [9.17, 15) is 5.11 Å². The molecule has 0 spiro atoms. The summed E-state index contributed by atoms with van der Waals surface area (Å²) in [5.41, 5.74) is 7.70. The molecule has 1 saturated heterocycles. The van der Waals surface area contributed by atoms with Crippen LogP contribution in [0.25, 0.3) is 10.3 Å². The van der Waals surface area contributed by atoms with E-state index in [2.05, 4.69) is 20.9 Å². The van der Waals surface area contributed by atoms with Crippen LogP contribution in [0.15, 0.2) is 59.8 Å². The Morgan fingerprint density at radius 2 is 1.94 bits per heavy atom. The lowest BCUT2D eigenvalue weighted by molar-refractivity contribution is 0.266. The van der Waals surface area contributed by atoms with Gasteiger partial charge in [0.25, 0.3) is 0 Å². The summed E-state index contributed by atoms with van der Waals surface area (Å²) in [7, 11) is 0. The molecule has 1 fully saturated rings. The number of hydrogen-bond acceptors (Lipinski definition) is 9. The van der Waals surface area contributed by atoms with Crippen LogP contribution in [0.5, 0.6) is 11.5 Å². The lowest BCUT2D eigenvalue weighted by atomic mass is 10.2. The number of aliphatic hydroxyl groups excluding tert-OH is 1. The van der Waals surface area contributed by atoms with Gasteiger partial charge in [-0.3, -0.25) is 0 Å². The Kier molecular flexibility index (Phi) is 6.11. The fraction of sp³-hybridized carbons (Fsp3) is 0.261. The quantitative estimate of drug-likeness (QED) is 0.299. The second kappa shape index (κ2) is 9.32. The van der Waals surface area contributed by atoms with Crippen LogP contribution in [-0.4, -0.2) is 39.3 Å². The first kappa shape index (κ1) is 21.0. The molecule has 32 heavy (non-hydrogen) atoms. The van der Waals surface area contributed by atoms with E-state index < -0.39 is 0 Å². The van der Waals surface area contributed by atoms with Crippen molar-refractivity contribution in [2.45, 2.75) is 29.8 Å². The number of aromatic nitrogens is 3. The third kappa shape index (κ3) is 4.50. The molecule has 0 saturated carbocycles. The molecule has 1 atom stereocenters. The van der Waals surface area contributed by atoms with Gasteiger partial charge in [0, 0.05) is 12.3 Å². The first-order valence-electron chi connectivity index (χ1n) is 10.5. The highest BCUT2D eigenvalue weighted by molar-refractivity contribution is 7.98. The van der Waals surface area contributed by atoms with Crippen molar-refractivity contribution in [3.05, 3.63) is 60.2 Å². The molecule has 3 heterocycles. The third-order valence-electron chi connectivity index (χ3n) is 5.34. The zero-order valence-corrected chi connectivity index (χ0v) is 19.0. The van der Waals surface area contributed by atoms with E-state index >= 15 is 0 Å². The molecule has 2 aromatic carbocycles. The molecule has 0 unspecified atom stereocenters. The Labute approximate surface area is 194 Å². The Bertz CT molecular complexity index is 1220. The predicted molar refractivity (Wildman–Crippen MR) is 130 cm³/mol. The molecule has 4 aromatic rings. The Morgan fingerprint density at radius 3 is 2.78 bits per heavy atom. The van der Waals surface area contributed by atoms with Crippen molar-refractivity contribution in [2.24, 2.45) is 0 Å². The van der Waals surface area contributed by atoms with Crippen molar-refractivity contribution >= 4 is 44.4 Å². The van der Waals surface area contributed by atoms with Crippen LogP contribution in [-0.2, 0) is 5.75 Å². The molecule has 0 amide bonds. The lowest BCUT2D eigenvalue weighted by Gasteiger charge is -2.24. The van der Waals surface area contributed by atoms with E-state index in [1.165, 1.54) is 11.3 Å². The number of nitrogens with two attached hydrogens (primary N) is 1. The number of nitrogen functional groups attached to an aromatic ring is 1. The molecule has 0 bridgehead atoms. The summed E-state index contributed by atoms with van der Waals surface area (Å²) in [6.45, 7) is 0.967. The van der Waals surface area contributed by atoms with Gasteiger partial charge in [0.15, 0.2) is 21.8 Å². The zero-order chi connectivity index (χ0) is 21.9. The molecular weight excluding hydrogens is 442 g/mol. The van der Waals surface area contributed by atoms with E-state index in [4.69, 9.17) is 15.5 Å². The maximum Gasteiger partial charge on any atom is 0.191 e. The molecule has 9 heteroatoms. The van der Waals surface area contributed by atoms with E-state index in [1.807, 2.05) is 48.5 Å². The molecule has 0 radical (unpaired) electrons. The fourth-order valence-electron chi connectivity index (χ4n) is 3.84. The fourth-order valence-corrected chi connectivity index (χ4v) is 5.40. The smallest absolute Gasteiger partial charge is 0.191 e. The highest BCUT2D eigenvalue weighted by Gasteiger charge is 2.28. The number of rotatable bonds is 7. The summed E-state index contributed by atoms with van der Waals surface area (Å²) in [6.07, 6.45) is 1.98. The number of fused-ring (bicyclic) bond motifs is 1. The topological polar surface area (TPSA) is 97.4 Å². The highest BCUT2D eigenvalue weighted by Crippen LogP contribution is 2.36. The molecule has 1 aliphatic heterocycles. The summed E-state index contributed by atoms with van der Waals surface area (Å²) >= 11 is 2.95. The summed E-state index contributed by atoms with van der Waals surface area (Å²) in [5.74, 6) is 3.12. The molecule has 2 aromatic heterocycles. The van der Waals surface area contributed by atoms with Gasteiger partial charge in [0.1, 0.15) is 16.2 Å². The summed E-state index contributed by atoms with van der Waals surface area (Å²) < 4.78 is 6.83. The maximum absolute atomic E-state index is 9.79. The van der Waals surface area contributed by atoms with Gasteiger partial charge in [-0.25, -0.2) is 15.0 Å². The van der Waals surface area contributed by atoms with Gasteiger partial charge >= 0.3 is 0 Å². The number of anilines is 2. The van der Waals surface area contributed by atoms with Crippen molar-refractivity contribution in [1.82, 2.24) is 15.0 Å². The number of thioether (sulfide) groups is 1. The van der Waals surface area contributed by atoms with Gasteiger partial charge in [-0.05, 0) is 42.7 Å². The van der Waals surface area contributed by atoms with E-state index in [0.29, 0.717) is 21.7 Å². The van der Waals surface area contributed by atoms with Crippen LogP contribution in [0, 0.1) is 0 Å². The molecule has 164 valence electrons. The minimum atomic E-state index is 0.0705. The van der Waals surface area contributed by atoms with E-state index in [0.717, 1.165) is 47.0 Å². The molecule has 7 nitrogen and oxygen atoms in total. The van der Waals surface area contributed by atoms with Crippen LogP contribution in [0.2, 0.25) is 0 Å². The first-order valence-corrected chi connectivity index (χ1v) is 12.3. The monoisotopic (exact) mass is 465 g/mol. The van der Waals surface area contributed by atoms with Crippen molar-refractivity contribution in [2.75, 3.05) is 23.8 Å². The summed E-state index contributed by atoms with van der Waals surface area (Å²) in [6, 6.07) is 17.8. The minimum Gasteiger partial charge on any atom is -0.457 e. The van der Waals surface area contributed by atoms with Crippen LogP contribution >= 0.6 is 23.1 Å². The zero-order valence-electron chi connectivity index (χ0n) is 17.3. The largest absolute Gasteiger partial charge is 0.457 e. The number of para-hydroxylation sites is 1. The Hall–Kier alpha value is -2.88. The highest BCUT2D eigenvalue weighted by atomic mass is 32.2. The van der Waals surface area contributed by atoms with Gasteiger partial charge in [-0.15, -0.1) is 0 Å². The van der Waals surface area contributed by atoms with Gasteiger partial charge in [0.05, 0.1) is 12.6 Å². The average Bonchev–Trinajstić information content (AvgIpc) is 3.43. The average molecular weight is 466 g/mol. The molecular formula is C23H23N5O2S2. The van der Waals surface area contributed by atoms with Crippen molar-refractivity contribution in [3.8, 4) is 11.5 Å². The molecule has 1 aliphatic rings. The number of nitrogens with zero attached hydrogens (tertiary/aromatic N) is 4. The minimum absolute atomic E-state index is 0.0705. The number of aliphatic hydroxyl groups is 1. The van der Waals surface area contributed by atoms with Gasteiger partial charge < -0.3 is 20.5 Å². The van der Waals surface area contributed by atoms with Crippen molar-refractivity contribution in [1.29, 1.82) is 0 Å². The number of ether oxygens (including phenoxy) is 1. The van der Waals surface area contributed by atoms with Gasteiger partial charge in [-0.2, -0.15) is 0 Å². The molecule has 0 aliphatic carbocycles. The third-order valence-corrected chi connectivity index (χ3v) is 7.13. The summed E-state index contributed by atoms with van der Waals surface area (Å²) in [5, 5.41) is 10.9. The Balaban J connectivity index is 1.37. The number of thiazole rings is 1. The van der Waals surface area contributed by atoms with Crippen LogP contribution in [0.1, 0.15) is 18.4 Å². The molecule has 3 N–H and O–H groups in total. The van der Waals surface area contributed by atoms with E-state index in [1.54, 1.807) is 11.8 Å². The first-order chi connectivity index (χ1) is 15.7. The van der Waals surface area contributed by atoms with Crippen LogP contribution < -0.4 is 15.4 Å². The van der Waals surface area contributed by atoms with Crippen molar-refractivity contribution in [3.63, 3.8) is 0 Å². The van der Waals surface area contributed by atoms with Gasteiger partial charge in [0.2, 0.25) is 0 Å². The predicted octanol–water partition coefficient (Wildman–Crippen LogP) is 4.71.